The summed E-state index contributed by atoms with van der Waals surface area (Å²) in [7, 11) is -3.93. The summed E-state index contributed by atoms with van der Waals surface area (Å²) >= 11 is 15.5. The minimum absolute atomic E-state index is 0.0381. The molecule has 2 rings (SSSR count). The van der Waals surface area contributed by atoms with Crippen LogP contribution in [0.1, 0.15) is 32.3 Å². The van der Waals surface area contributed by atoms with Gasteiger partial charge in [-0.1, -0.05) is 58.5 Å². The lowest BCUT2D eigenvalue weighted by atomic mass is 10.2. The third kappa shape index (κ3) is 6.96. The van der Waals surface area contributed by atoms with Crippen molar-refractivity contribution in [3.05, 3.63) is 62.5 Å². The van der Waals surface area contributed by atoms with Crippen molar-refractivity contribution >= 4 is 55.1 Å². The van der Waals surface area contributed by atoms with Crippen LogP contribution in [0.4, 0.5) is 0 Å². The van der Waals surface area contributed by atoms with Crippen LogP contribution < -0.4 is 5.32 Å². The van der Waals surface area contributed by atoms with Gasteiger partial charge in [0.15, 0.2) is 0 Å². The van der Waals surface area contributed by atoms with E-state index in [4.69, 9.17) is 23.2 Å². The largest absolute Gasteiger partial charge is 0.353 e. The Morgan fingerprint density at radius 1 is 1.17 bits per heavy atom. The maximum absolute atomic E-state index is 13.2. The number of rotatable bonds is 9. The average molecular weight is 522 g/mol. The van der Waals surface area contributed by atoms with Gasteiger partial charge < -0.3 is 5.32 Å². The lowest BCUT2D eigenvalue weighted by Crippen LogP contribution is -2.43. The second kappa shape index (κ2) is 10.8. The van der Waals surface area contributed by atoms with E-state index in [9.17, 15) is 13.2 Å². The normalized spacial score (nSPS) is 12.8. The standard InChI is InChI=1S/C20H23BrCl2N2O3S/c1-3-4-14(2)24-20(26)13-25(12-15-5-8-17(22)11-19(15)23)29(27,28)18-9-6-16(21)7-10-18/h5-11,14H,3-4,12-13H2,1-2H3,(H,24,26)/t14-/m0/s1. The Labute approximate surface area is 190 Å². The summed E-state index contributed by atoms with van der Waals surface area (Å²) in [5.74, 6) is -0.364. The Kier molecular flexibility index (Phi) is 8.97. The van der Waals surface area contributed by atoms with E-state index in [0.717, 1.165) is 21.6 Å². The molecule has 0 spiro atoms. The number of nitrogens with zero attached hydrogens (tertiary/aromatic N) is 1. The van der Waals surface area contributed by atoms with Crippen LogP contribution in [-0.2, 0) is 21.4 Å². The van der Waals surface area contributed by atoms with Gasteiger partial charge in [0.1, 0.15) is 0 Å². The van der Waals surface area contributed by atoms with Gasteiger partial charge in [0, 0.05) is 27.1 Å². The number of amides is 1. The number of hydrogen-bond acceptors (Lipinski definition) is 3. The van der Waals surface area contributed by atoms with E-state index in [0.29, 0.717) is 15.6 Å². The van der Waals surface area contributed by atoms with Crippen molar-refractivity contribution in [1.82, 2.24) is 9.62 Å². The van der Waals surface area contributed by atoms with Crippen molar-refractivity contribution in [3.63, 3.8) is 0 Å². The Morgan fingerprint density at radius 2 is 1.83 bits per heavy atom. The highest BCUT2D eigenvalue weighted by Gasteiger charge is 2.28. The van der Waals surface area contributed by atoms with Gasteiger partial charge in [0.05, 0.1) is 11.4 Å². The minimum Gasteiger partial charge on any atom is -0.353 e. The van der Waals surface area contributed by atoms with Crippen LogP contribution in [0, 0.1) is 0 Å². The predicted octanol–water partition coefficient (Wildman–Crippen LogP) is 5.25. The first-order chi connectivity index (χ1) is 13.6. The van der Waals surface area contributed by atoms with Crippen LogP contribution in [0.2, 0.25) is 10.0 Å². The van der Waals surface area contributed by atoms with Crippen LogP contribution in [0.25, 0.3) is 0 Å². The summed E-state index contributed by atoms with van der Waals surface area (Å²) < 4.78 is 28.4. The fourth-order valence-corrected chi connectivity index (χ4v) is 4.91. The topological polar surface area (TPSA) is 66.5 Å². The zero-order valence-corrected chi connectivity index (χ0v) is 20.1. The van der Waals surface area contributed by atoms with E-state index in [2.05, 4.69) is 21.2 Å². The minimum atomic E-state index is -3.93. The lowest BCUT2D eigenvalue weighted by molar-refractivity contribution is -0.122. The molecule has 0 fully saturated rings. The van der Waals surface area contributed by atoms with E-state index >= 15 is 0 Å². The molecule has 9 heteroatoms. The van der Waals surface area contributed by atoms with E-state index in [1.54, 1.807) is 30.3 Å². The molecule has 0 saturated carbocycles. The molecule has 1 N–H and O–H groups in total. The highest BCUT2D eigenvalue weighted by Crippen LogP contribution is 2.25. The van der Waals surface area contributed by atoms with Gasteiger partial charge in [-0.25, -0.2) is 8.42 Å². The molecule has 2 aromatic rings. The summed E-state index contributed by atoms with van der Waals surface area (Å²) in [6.45, 7) is 3.55. The van der Waals surface area contributed by atoms with E-state index in [1.807, 2.05) is 13.8 Å². The maximum Gasteiger partial charge on any atom is 0.243 e. The Bertz CT molecular complexity index is 953. The van der Waals surface area contributed by atoms with Gasteiger partial charge >= 0.3 is 0 Å². The van der Waals surface area contributed by atoms with Crippen molar-refractivity contribution in [1.29, 1.82) is 0 Å². The molecular weight excluding hydrogens is 499 g/mol. The van der Waals surface area contributed by atoms with Gasteiger partial charge in [0.25, 0.3) is 0 Å². The highest BCUT2D eigenvalue weighted by molar-refractivity contribution is 9.10. The first kappa shape index (κ1) is 24.2. The van der Waals surface area contributed by atoms with Crippen molar-refractivity contribution in [2.75, 3.05) is 6.54 Å². The zero-order valence-electron chi connectivity index (χ0n) is 16.2. The smallest absolute Gasteiger partial charge is 0.243 e. The maximum atomic E-state index is 13.2. The molecule has 0 aliphatic heterocycles. The number of benzene rings is 2. The number of nitrogens with one attached hydrogen (secondary N) is 1. The first-order valence-corrected chi connectivity index (χ1v) is 12.1. The quantitative estimate of drug-likeness (QED) is 0.490. The summed E-state index contributed by atoms with van der Waals surface area (Å²) in [6.07, 6.45) is 1.73. The first-order valence-electron chi connectivity index (χ1n) is 9.12. The molecule has 5 nitrogen and oxygen atoms in total. The second-order valence-electron chi connectivity index (χ2n) is 6.72. The molecule has 0 bridgehead atoms. The summed E-state index contributed by atoms with van der Waals surface area (Å²) in [5.41, 5.74) is 0.561. The molecule has 0 aliphatic carbocycles. The van der Waals surface area contributed by atoms with E-state index in [-0.39, 0.29) is 29.9 Å². The van der Waals surface area contributed by atoms with E-state index in [1.165, 1.54) is 12.1 Å². The molecular formula is C20H23BrCl2N2O3S. The Balaban J connectivity index is 2.33. The number of sulfonamides is 1. The fraction of sp³-hybridized carbons (Fsp3) is 0.350. The van der Waals surface area contributed by atoms with Crippen LogP contribution in [0.5, 0.6) is 0 Å². The molecule has 158 valence electrons. The summed E-state index contributed by atoms with van der Waals surface area (Å²) in [6, 6.07) is 11.1. The number of halogens is 3. The van der Waals surface area contributed by atoms with Crippen molar-refractivity contribution < 1.29 is 13.2 Å². The lowest BCUT2D eigenvalue weighted by Gasteiger charge is -2.23. The molecule has 0 aliphatic rings. The Hall–Kier alpha value is -1.12. The molecule has 0 radical (unpaired) electrons. The van der Waals surface area contributed by atoms with Crippen LogP contribution >= 0.6 is 39.1 Å². The van der Waals surface area contributed by atoms with E-state index < -0.39 is 10.0 Å². The van der Waals surface area contributed by atoms with Gasteiger partial charge in [-0.2, -0.15) is 4.31 Å². The molecule has 1 amide bonds. The van der Waals surface area contributed by atoms with Gasteiger partial charge in [-0.15, -0.1) is 0 Å². The van der Waals surface area contributed by atoms with Crippen molar-refractivity contribution in [3.8, 4) is 0 Å². The van der Waals surface area contributed by atoms with Gasteiger partial charge in [-0.05, 0) is 55.3 Å². The predicted molar refractivity (Wildman–Crippen MR) is 121 cm³/mol. The molecule has 0 unspecified atom stereocenters. The number of carbonyl (C=O) groups is 1. The molecule has 29 heavy (non-hydrogen) atoms. The average Bonchev–Trinajstić information content (AvgIpc) is 2.63. The third-order valence-corrected chi connectivity index (χ3v) is 7.18. The number of hydrogen-bond donors (Lipinski definition) is 1. The summed E-state index contributed by atoms with van der Waals surface area (Å²) in [4.78, 5) is 12.6. The third-order valence-electron chi connectivity index (χ3n) is 4.26. The summed E-state index contributed by atoms with van der Waals surface area (Å²) in [5, 5.41) is 3.64. The molecule has 0 aromatic heterocycles. The van der Waals surface area contributed by atoms with Crippen LogP contribution in [-0.4, -0.2) is 31.2 Å². The zero-order chi connectivity index (χ0) is 21.6. The van der Waals surface area contributed by atoms with Crippen LogP contribution in [0.3, 0.4) is 0 Å². The van der Waals surface area contributed by atoms with Crippen molar-refractivity contribution in [2.45, 2.75) is 44.2 Å². The highest BCUT2D eigenvalue weighted by atomic mass is 79.9. The molecule has 1 atom stereocenters. The number of carbonyl (C=O) groups excluding carboxylic acids is 1. The molecule has 0 heterocycles. The van der Waals surface area contributed by atoms with Crippen molar-refractivity contribution in [2.24, 2.45) is 0 Å². The molecule has 0 saturated heterocycles. The monoisotopic (exact) mass is 520 g/mol. The SMILES string of the molecule is CCC[C@H](C)NC(=O)CN(Cc1ccc(Cl)cc1Cl)S(=O)(=O)c1ccc(Br)cc1. The Morgan fingerprint density at radius 3 is 2.41 bits per heavy atom. The fourth-order valence-electron chi connectivity index (χ4n) is 2.81. The molecule has 2 aromatic carbocycles. The van der Waals surface area contributed by atoms with Crippen LogP contribution in [0.15, 0.2) is 51.8 Å². The second-order valence-corrected chi connectivity index (χ2v) is 10.4. The van der Waals surface area contributed by atoms with Gasteiger partial charge in [-0.3, -0.25) is 4.79 Å². The van der Waals surface area contributed by atoms with Gasteiger partial charge in [0.2, 0.25) is 15.9 Å².